The fraction of sp³-hybridized carbons (Fsp3) is 0.519. The van der Waals surface area contributed by atoms with Gasteiger partial charge in [0.15, 0.2) is 22.8 Å². The van der Waals surface area contributed by atoms with Crippen molar-refractivity contribution in [3.8, 4) is 11.3 Å². The first-order valence-corrected chi connectivity index (χ1v) is 13.7. The van der Waals surface area contributed by atoms with Crippen LogP contribution in [-0.4, -0.2) is 78.4 Å². The maximum atomic E-state index is 10.3. The van der Waals surface area contributed by atoms with E-state index in [1.54, 1.807) is 4.68 Å². The molecule has 2 saturated heterocycles. The fourth-order valence-electron chi connectivity index (χ4n) is 6.42. The van der Waals surface area contributed by atoms with Gasteiger partial charge in [0, 0.05) is 49.9 Å². The average molecular weight is 531 g/mol. The molecule has 0 aliphatic carbocycles. The molecule has 7 heterocycles. The highest BCUT2D eigenvalue weighted by Gasteiger charge is 2.47. The van der Waals surface area contributed by atoms with E-state index in [2.05, 4.69) is 38.1 Å². The van der Waals surface area contributed by atoms with E-state index < -0.39 is 0 Å². The topological polar surface area (TPSA) is 147 Å². The number of fused-ring (bicyclic) bond motifs is 2. The summed E-state index contributed by atoms with van der Waals surface area (Å²) in [5.74, 6) is 1.41. The molecule has 39 heavy (non-hydrogen) atoms. The molecule has 0 saturated carbocycles. The molecule has 0 radical (unpaired) electrons. The highest BCUT2D eigenvalue weighted by Crippen LogP contribution is 2.42. The van der Waals surface area contributed by atoms with E-state index in [0.29, 0.717) is 35.1 Å². The summed E-state index contributed by atoms with van der Waals surface area (Å²) in [4.78, 5) is 19.1. The molecule has 0 bridgehead atoms. The zero-order valence-corrected chi connectivity index (χ0v) is 22.3. The number of nitrogens with two attached hydrogens (primary N) is 1. The van der Waals surface area contributed by atoms with Crippen LogP contribution in [0.15, 0.2) is 24.5 Å². The Morgan fingerprint density at radius 3 is 2.72 bits per heavy atom. The predicted molar refractivity (Wildman–Crippen MR) is 147 cm³/mol. The van der Waals surface area contributed by atoms with E-state index in [0.717, 1.165) is 68.0 Å². The Morgan fingerprint density at radius 2 is 2.00 bits per heavy atom. The van der Waals surface area contributed by atoms with E-state index >= 15 is 0 Å². The lowest BCUT2D eigenvalue weighted by Gasteiger charge is -2.41. The number of nitrogens with one attached hydrogen (secondary N) is 1. The number of nitrogens with zero attached hydrogens (tertiary/aromatic N) is 8. The lowest BCUT2D eigenvalue weighted by Crippen LogP contribution is -2.51. The smallest absolute Gasteiger partial charge is 0.183 e. The van der Waals surface area contributed by atoms with Crippen LogP contribution in [0, 0.1) is 5.41 Å². The van der Waals surface area contributed by atoms with Gasteiger partial charge in [0.2, 0.25) is 0 Å². The van der Waals surface area contributed by atoms with Crippen molar-refractivity contribution in [1.29, 1.82) is 0 Å². The molecule has 0 unspecified atom stereocenters. The van der Waals surface area contributed by atoms with Crippen molar-refractivity contribution in [3.05, 3.63) is 35.9 Å². The second-order valence-corrected chi connectivity index (χ2v) is 11.1. The molecule has 204 valence electrons. The summed E-state index contributed by atoms with van der Waals surface area (Å²) in [6.07, 6.45) is 7.58. The molecule has 0 amide bonds. The van der Waals surface area contributed by atoms with E-state index in [9.17, 15) is 5.11 Å². The first kappa shape index (κ1) is 24.4. The summed E-state index contributed by atoms with van der Waals surface area (Å²) in [6.45, 7) is 4.96. The molecule has 4 N–H and O–H groups in total. The first-order valence-electron chi connectivity index (χ1n) is 13.7. The number of aliphatic hydroxyl groups is 1. The van der Waals surface area contributed by atoms with Crippen LogP contribution < -0.4 is 15.5 Å². The van der Waals surface area contributed by atoms with E-state index in [1.807, 2.05) is 25.5 Å². The molecule has 7 rings (SSSR count). The quantitative estimate of drug-likeness (QED) is 0.358. The van der Waals surface area contributed by atoms with Gasteiger partial charge in [-0.2, -0.15) is 10.2 Å². The summed E-state index contributed by atoms with van der Waals surface area (Å²) in [7, 11) is 1.90. The number of aliphatic hydroxyl groups excluding tert-OH is 1. The first-order chi connectivity index (χ1) is 19.0. The predicted octanol–water partition coefficient (Wildman–Crippen LogP) is 2.06. The van der Waals surface area contributed by atoms with E-state index in [1.165, 1.54) is 0 Å². The number of hydrogen-bond acceptors (Lipinski definition) is 10. The number of rotatable bonds is 4. The Bertz CT molecular complexity index is 1520. The third kappa shape index (κ3) is 3.97. The maximum absolute atomic E-state index is 10.3. The van der Waals surface area contributed by atoms with Crippen LogP contribution in [0.5, 0.6) is 0 Å². The third-order valence-corrected chi connectivity index (χ3v) is 8.77. The minimum Gasteiger partial charge on any atom is -0.390 e. The summed E-state index contributed by atoms with van der Waals surface area (Å²) >= 11 is 0. The number of anilines is 3. The van der Waals surface area contributed by atoms with Gasteiger partial charge in [-0.3, -0.25) is 14.8 Å². The number of pyridine rings is 1. The number of aromatic nitrogens is 7. The Morgan fingerprint density at radius 1 is 1.15 bits per heavy atom. The van der Waals surface area contributed by atoms with Crippen LogP contribution in [0.1, 0.15) is 37.6 Å². The number of aromatic amines is 1. The third-order valence-electron chi connectivity index (χ3n) is 8.77. The fourth-order valence-corrected chi connectivity index (χ4v) is 6.42. The number of aryl methyl sites for hydroxylation is 2. The molecule has 12 heteroatoms. The Balaban J connectivity index is 1.19. The number of H-pyrrole nitrogens is 1. The molecule has 4 aromatic rings. The molecule has 12 nitrogen and oxygen atoms in total. The zero-order chi connectivity index (χ0) is 26.7. The number of hydrogen-bond donors (Lipinski definition) is 3. The van der Waals surface area contributed by atoms with Gasteiger partial charge in [0.25, 0.3) is 0 Å². The van der Waals surface area contributed by atoms with Crippen molar-refractivity contribution in [2.75, 3.05) is 36.0 Å². The summed E-state index contributed by atoms with van der Waals surface area (Å²) in [6, 6.07) is 4.17. The van der Waals surface area contributed by atoms with Crippen LogP contribution in [-0.2, 0) is 24.8 Å². The van der Waals surface area contributed by atoms with Crippen molar-refractivity contribution < 1.29 is 9.84 Å². The van der Waals surface area contributed by atoms with Gasteiger partial charge in [-0.1, -0.05) is 0 Å². The van der Waals surface area contributed by atoms with Gasteiger partial charge >= 0.3 is 0 Å². The summed E-state index contributed by atoms with van der Waals surface area (Å²) < 4.78 is 7.66. The van der Waals surface area contributed by atoms with Crippen molar-refractivity contribution in [3.63, 3.8) is 0 Å². The zero-order valence-electron chi connectivity index (χ0n) is 22.3. The van der Waals surface area contributed by atoms with Gasteiger partial charge < -0.3 is 25.4 Å². The molecule has 3 aliphatic heterocycles. The van der Waals surface area contributed by atoms with E-state index in [4.69, 9.17) is 25.4 Å². The van der Waals surface area contributed by atoms with Crippen molar-refractivity contribution >= 4 is 28.5 Å². The van der Waals surface area contributed by atoms with Crippen LogP contribution in [0.2, 0.25) is 0 Å². The van der Waals surface area contributed by atoms with Crippen LogP contribution >= 0.6 is 0 Å². The minimum absolute atomic E-state index is 0.0144. The highest BCUT2D eigenvalue weighted by atomic mass is 16.5. The molecule has 0 aromatic carbocycles. The lowest BCUT2D eigenvalue weighted by molar-refractivity contribution is 0.0973. The van der Waals surface area contributed by atoms with Crippen molar-refractivity contribution in [2.45, 2.75) is 51.4 Å². The SMILES string of the molecule is C[C@@H]1OCC2(CCN(c3nc4[nH]nc(N5CCCc6nc(-c7cnn(C)c7)ccc65)c4nc3CO)CC2)[C@@H]1N. The Kier molecular flexibility index (Phi) is 5.79. The summed E-state index contributed by atoms with van der Waals surface area (Å²) in [5.41, 5.74) is 12.3. The van der Waals surface area contributed by atoms with E-state index in [-0.39, 0.29) is 24.2 Å². The van der Waals surface area contributed by atoms with Crippen molar-refractivity contribution in [2.24, 2.45) is 18.2 Å². The minimum atomic E-state index is -0.198. The largest absolute Gasteiger partial charge is 0.390 e. The number of ether oxygens (including phenoxy) is 1. The van der Waals surface area contributed by atoms with Gasteiger partial charge in [-0.15, -0.1) is 0 Å². The van der Waals surface area contributed by atoms with Gasteiger partial charge in [0.1, 0.15) is 5.69 Å². The van der Waals surface area contributed by atoms with Crippen LogP contribution in [0.25, 0.3) is 22.4 Å². The summed E-state index contributed by atoms with van der Waals surface area (Å²) in [5, 5.41) is 22.3. The Hall–Kier alpha value is -3.61. The van der Waals surface area contributed by atoms with Gasteiger partial charge in [0.05, 0.1) is 42.6 Å². The molecule has 4 aromatic heterocycles. The lowest BCUT2D eigenvalue weighted by atomic mass is 9.73. The van der Waals surface area contributed by atoms with Crippen LogP contribution in [0.4, 0.5) is 17.3 Å². The molecule has 2 fully saturated rings. The molecule has 1 spiro atoms. The van der Waals surface area contributed by atoms with Crippen LogP contribution in [0.3, 0.4) is 0 Å². The maximum Gasteiger partial charge on any atom is 0.183 e. The van der Waals surface area contributed by atoms with Gasteiger partial charge in [-0.05, 0) is 44.7 Å². The highest BCUT2D eigenvalue weighted by molar-refractivity contribution is 5.88. The Labute approximate surface area is 226 Å². The van der Waals surface area contributed by atoms with Crippen molar-refractivity contribution in [1.82, 2.24) is 34.9 Å². The average Bonchev–Trinajstić information content (AvgIpc) is 3.66. The normalized spacial score (nSPS) is 22.7. The second kappa shape index (κ2) is 9.25. The second-order valence-electron chi connectivity index (χ2n) is 11.1. The number of piperidine rings is 1. The molecule has 2 atom stereocenters. The molecule has 3 aliphatic rings. The monoisotopic (exact) mass is 530 g/mol. The van der Waals surface area contributed by atoms with Gasteiger partial charge in [-0.25, -0.2) is 9.97 Å². The standard InChI is InChI=1S/C27H34N10O2/c1-16-23(28)27(15-39-16)7-10-36(11-8-27)25-20(14-38)31-22-24(32-25)33-34-26(22)37-9-3-4-19-21(37)6-5-18(30-19)17-12-29-35(2)13-17/h5-6,12-13,16,23,38H,3-4,7-11,14-15,28H2,1-2H3,(H,32,33,34)/t16-,23+/m0/s1. The molecular weight excluding hydrogens is 496 g/mol. The molecular formula is C27H34N10O2.